The van der Waals surface area contributed by atoms with Crippen LogP contribution in [-0.2, 0) is 14.6 Å². The van der Waals surface area contributed by atoms with Crippen LogP contribution in [-0.4, -0.2) is 36.5 Å². The van der Waals surface area contributed by atoms with Crippen LogP contribution in [0.1, 0.15) is 6.42 Å². The van der Waals surface area contributed by atoms with Crippen molar-refractivity contribution in [1.82, 2.24) is 0 Å². The number of rotatable bonds is 3. The normalized spacial score (nSPS) is 25.8. The molecule has 1 unspecified atom stereocenters. The number of benzene rings is 1. The molecule has 1 fully saturated rings. The number of carboxylic acid groups (broad SMARTS) is 1. The molecule has 5 nitrogen and oxygen atoms in total. The van der Waals surface area contributed by atoms with Crippen molar-refractivity contribution in [2.75, 3.05) is 16.8 Å². The first-order valence-electron chi connectivity index (χ1n) is 5.31. The molecule has 0 aromatic heterocycles. The number of halogens is 1. The molecule has 0 bridgehead atoms. The average Bonchev–Trinajstić information content (AvgIpc) is 2.59. The van der Waals surface area contributed by atoms with Crippen LogP contribution in [0.4, 0.5) is 10.1 Å². The highest BCUT2D eigenvalue weighted by Crippen LogP contribution is 2.28. The minimum atomic E-state index is -3.34. The number of carboxylic acids is 1. The van der Waals surface area contributed by atoms with Crippen molar-refractivity contribution in [3.8, 4) is 0 Å². The Balaban J connectivity index is 2.28. The maximum absolute atomic E-state index is 12.7. The molecule has 0 amide bonds. The number of hydrogen-bond acceptors (Lipinski definition) is 4. The van der Waals surface area contributed by atoms with Gasteiger partial charge in [-0.15, -0.1) is 0 Å². The Morgan fingerprint density at radius 3 is 2.39 bits per heavy atom. The number of anilines is 1. The first kappa shape index (κ1) is 12.8. The second-order valence-electron chi connectivity index (χ2n) is 4.36. The Bertz CT molecular complexity index is 569. The topological polar surface area (TPSA) is 83.5 Å². The molecule has 0 spiro atoms. The SMILES string of the molecule is O=C(O)C1(Nc2ccc(F)cc2)CCS(=O)(=O)C1. The van der Waals surface area contributed by atoms with Gasteiger partial charge >= 0.3 is 5.97 Å². The number of nitrogens with one attached hydrogen (secondary N) is 1. The van der Waals surface area contributed by atoms with E-state index in [1.54, 1.807) is 0 Å². The summed E-state index contributed by atoms with van der Waals surface area (Å²) in [5.74, 6) is -2.27. The highest BCUT2D eigenvalue weighted by Gasteiger charge is 2.48. The molecule has 2 N–H and O–H groups in total. The van der Waals surface area contributed by atoms with Gasteiger partial charge in [-0.2, -0.15) is 0 Å². The molecule has 0 saturated carbocycles. The van der Waals surface area contributed by atoms with Crippen LogP contribution in [0, 0.1) is 5.82 Å². The highest BCUT2D eigenvalue weighted by atomic mass is 32.2. The van der Waals surface area contributed by atoms with E-state index in [0.717, 1.165) is 0 Å². The van der Waals surface area contributed by atoms with Gasteiger partial charge in [0.2, 0.25) is 0 Å². The zero-order chi connectivity index (χ0) is 13.4. The van der Waals surface area contributed by atoms with Crippen LogP contribution >= 0.6 is 0 Å². The third-order valence-corrected chi connectivity index (χ3v) is 4.70. The van der Waals surface area contributed by atoms with E-state index >= 15 is 0 Å². The van der Waals surface area contributed by atoms with Crippen molar-refractivity contribution in [3.63, 3.8) is 0 Å². The lowest BCUT2D eigenvalue weighted by molar-refractivity contribution is -0.141. The molecule has 0 aliphatic carbocycles. The van der Waals surface area contributed by atoms with Gasteiger partial charge in [-0.05, 0) is 30.7 Å². The summed E-state index contributed by atoms with van der Waals surface area (Å²) in [6.45, 7) is 0. The fraction of sp³-hybridized carbons (Fsp3) is 0.364. The van der Waals surface area contributed by atoms with Gasteiger partial charge in [0, 0.05) is 5.69 Å². The van der Waals surface area contributed by atoms with E-state index < -0.39 is 32.9 Å². The Kier molecular flexibility index (Phi) is 3.02. The maximum Gasteiger partial charge on any atom is 0.330 e. The van der Waals surface area contributed by atoms with Gasteiger partial charge in [0.15, 0.2) is 15.4 Å². The van der Waals surface area contributed by atoms with E-state index in [1.807, 2.05) is 0 Å². The summed E-state index contributed by atoms with van der Waals surface area (Å²) < 4.78 is 35.6. The van der Waals surface area contributed by atoms with Gasteiger partial charge in [0.05, 0.1) is 11.5 Å². The fourth-order valence-electron chi connectivity index (χ4n) is 1.98. The van der Waals surface area contributed by atoms with Crippen LogP contribution in [0.2, 0.25) is 0 Å². The Morgan fingerprint density at radius 2 is 1.94 bits per heavy atom. The molecule has 1 heterocycles. The van der Waals surface area contributed by atoms with E-state index in [0.29, 0.717) is 5.69 Å². The first-order valence-corrected chi connectivity index (χ1v) is 7.13. The predicted octanol–water partition coefficient (Wildman–Crippen LogP) is 0.879. The molecule has 1 aliphatic rings. The summed E-state index contributed by atoms with van der Waals surface area (Å²) in [6.07, 6.45) is 0.00203. The lowest BCUT2D eigenvalue weighted by Crippen LogP contribution is -2.47. The lowest BCUT2D eigenvalue weighted by Gasteiger charge is -2.25. The fourth-order valence-corrected chi connectivity index (χ4v) is 3.87. The lowest BCUT2D eigenvalue weighted by atomic mass is 9.99. The van der Waals surface area contributed by atoms with E-state index in [-0.39, 0.29) is 12.2 Å². The Morgan fingerprint density at radius 1 is 1.33 bits per heavy atom. The molecule has 1 saturated heterocycles. The second kappa shape index (κ2) is 4.24. The van der Waals surface area contributed by atoms with Crippen LogP contribution in [0.25, 0.3) is 0 Å². The van der Waals surface area contributed by atoms with Crippen molar-refractivity contribution in [1.29, 1.82) is 0 Å². The summed E-state index contributed by atoms with van der Waals surface area (Å²) in [6, 6.07) is 5.12. The minimum absolute atomic E-state index is 0.00203. The second-order valence-corrected chi connectivity index (χ2v) is 6.55. The largest absolute Gasteiger partial charge is 0.479 e. The molecule has 7 heteroatoms. The number of sulfone groups is 1. The first-order chi connectivity index (χ1) is 8.33. The third kappa shape index (κ3) is 2.45. The van der Waals surface area contributed by atoms with E-state index in [2.05, 4.69) is 5.32 Å². The smallest absolute Gasteiger partial charge is 0.330 e. The standard InChI is InChI=1S/C11H12FNO4S/c12-8-1-3-9(4-2-8)13-11(10(14)15)5-6-18(16,17)7-11/h1-4,13H,5-7H2,(H,14,15). The Hall–Kier alpha value is -1.63. The van der Waals surface area contributed by atoms with E-state index in [9.17, 15) is 22.7 Å². The maximum atomic E-state index is 12.7. The van der Waals surface area contributed by atoms with Gasteiger partial charge in [-0.25, -0.2) is 17.6 Å². The minimum Gasteiger partial charge on any atom is -0.479 e. The summed E-state index contributed by atoms with van der Waals surface area (Å²) >= 11 is 0. The summed E-state index contributed by atoms with van der Waals surface area (Å²) in [5, 5.41) is 11.9. The van der Waals surface area contributed by atoms with Crippen LogP contribution in [0.15, 0.2) is 24.3 Å². The zero-order valence-electron chi connectivity index (χ0n) is 9.39. The average molecular weight is 273 g/mol. The number of carbonyl (C=O) groups is 1. The van der Waals surface area contributed by atoms with Crippen molar-refractivity contribution in [2.45, 2.75) is 12.0 Å². The van der Waals surface area contributed by atoms with Crippen molar-refractivity contribution in [2.24, 2.45) is 0 Å². The van der Waals surface area contributed by atoms with Gasteiger partial charge in [0.1, 0.15) is 5.82 Å². The Labute approximate surface area is 104 Å². The molecule has 1 aromatic rings. The van der Waals surface area contributed by atoms with Gasteiger partial charge in [-0.1, -0.05) is 0 Å². The third-order valence-electron chi connectivity index (χ3n) is 2.94. The number of hydrogen-bond donors (Lipinski definition) is 2. The van der Waals surface area contributed by atoms with Crippen LogP contribution < -0.4 is 5.32 Å². The summed E-state index contributed by atoms with van der Waals surface area (Å²) in [7, 11) is -3.34. The molecular weight excluding hydrogens is 261 g/mol. The summed E-state index contributed by atoms with van der Waals surface area (Å²) in [4.78, 5) is 11.3. The molecule has 18 heavy (non-hydrogen) atoms. The van der Waals surface area contributed by atoms with E-state index in [4.69, 9.17) is 0 Å². The van der Waals surface area contributed by atoms with Crippen LogP contribution in [0.3, 0.4) is 0 Å². The van der Waals surface area contributed by atoms with Gasteiger partial charge in [-0.3, -0.25) is 0 Å². The molecular formula is C11H12FNO4S. The van der Waals surface area contributed by atoms with Crippen molar-refractivity contribution >= 4 is 21.5 Å². The van der Waals surface area contributed by atoms with Crippen LogP contribution in [0.5, 0.6) is 0 Å². The molecule has 2 rings (SSSR count). The molecule has 98 valence electrons. The quantitative estimate of drug-likeness (QED) is 0.854. The molecule has 1 aromatic carbocycles. The number of aliphatic carboxylic acids is 1. The molecule has 1 aliphatic heterocycles. The monoisotopic (exact) mass is 273 g/mol. The zero-order valence-corrected chi connectivity index (χ0v) is 10.2. The van der Waals surface area contributed by atoms with Gasteiger partial charge in [0.25, 0.3) is 0 Å². The van der Waals surface area contributed by atoms with E-state index in [1.165, 1.54) is 24.3 Å². The summed E-state index contributed by atoms with van der Waals surface area (Å²) in [5.41, 5.74) is -1.13. The van der Waals surface area contributed by atoms with Crippen molar-refractivity contribution in [3.05, 3.63) is 30.1 Å². The molecule has 1 atom stereocenters. The molecule has 0 radical (unpaired) electrons. The predicted molar refractivity (Wildman–Crippen MR) is 63.7 cm³/mol. The highest BCUT2D eigenvalue weighted by molar-refractivity contribution is 7.91. The van der Waals surface area contributed by atoms with Gasteiger partial charge < -0.3 is 10.4 Å². The van der Waals surface area contributed by atoms with Crippen molar-refractivity contribution < 1.29 is 22.7 Å².